The SMILES string of the molecule is CC/C=C\C/C=C\C/C=C\CCCCCCCC(=O)OC(COC(=O)CCCCCCCCCCC/C=C\C/C=C\CCCCC)COC(=O)CCCCCCCCCCCCCC. The minimum Gasteiger partial charge on any atom is -0.462 e. The average molecular weight is 895 g/mol. The molecule has 1 unspecified atom stereocenters. The number of allylic oxidation sites excluding steroid dienone is 10. The van der Waals surface area contributed by atoms with Gasteiger partial charge in [0.15, 0.2) is 6.10 Å². The number of carbonyl (C=O) groups is 3. The summed E-state index contributed by atoms with van der Waals surface area (Å²) in [5.41, 5.74) is 0. The number of esters is 3. The maximum absolute atomic E-state index is 12.8. The van der Waals surface area contributed by atoms with Gasteiger partial charge < -0.3 is 14.2 Å². The third-order valence-electron chi connectivity index (χ3n) is 11.8. The fourth-order valence-electron chi connectivity index (χ4n) is 7.66. The lowest BCUT2D eigenvalue weighted by Gasteiger charge is -2.18. The Morgan fingerprint density at radius 2 is 0.609 bits per heavy atom. The van der Waals surface area contributed by atoms with Crippen molar-refractivity contribution in [2.75, 3.05) is 13.2 Å². The van der Waals surface area contributed by atoms with E-state index in [1.165, 1.54) is 128 Å². The van der Waals surface area contributed by atoms with Gasteiger partial charge in [-0.05, 0) is 83.5 Å². The van der Waals surface area contributed by atoms with Gasteiger partial charge in [-0.1, -0.05) is 229 Å². The normalized spacial score (nSPS) is 12.5. The largest absolute Gasteiger partial charge is 0.462 e. The predicted octanol–water partition coefficient (Wildman–Crippen LogP) is 18.0. The fourth-order valence-corrected chi connectivity index (χ4v) is 7.66. The smallest absolute Gasteiger partial charge is 0.306 e. The Morgan fingerprint density at radius 3 is 0.984 bits per heavy atom. The van der Waals surface area contributed by atoms with E-state index in [1.54, 1.807) is 0 Å². The lowest BCUT2D eigenvalue weighted by atomic mass is 10.0. The highest BCUT2D eigenvalue weighted by atomic mass is 16.6. The van der Waals surface area contributed by atoms with E-state index in [1.807, 2.05) is 0 Å². The molecule has 0 saturated carbocycles. The summed E-state index contributed by atoms with van der Waals surface area (Å²) < 4.78 is 16.8. The molecular weight excluding hydrogens is 793 g/mol. The number of hydrogen-bond donors (Lipinski definition) is 0. The summed E-state index contributed by atoms with van der Waals surface area (Å²) in [6.45, 7) is 6.50. The zero-order valence-corrected chi connectivity index (χ0v) is 42.3. The van der Waals surface area contributed by atoms with Gasteiger partial charge in [-0.2, -0.15) is 0 Å². The van der Waals surface area contributed by atoms with Crippen LogP contribution in [0.25, 0.3) is 0 Å². The molecule has 6 nitrogen and oxygen atoms in total. The van der Waals surface area contributed by atoms with Gasteiger partial charge in [0.05, 0.1) is 0 Å². The van der Waals surface area contributed by atoms with Crippen LogP contribution in [0.1, 0.15) is 271 Å². The Labute approximate surface area is 396 Å². The molecule has 0 N–H and O–H groups in total. The molecule has 64 heavy (non-hydrogen) atoms. The average Bonchev–Trinajstić information content (AvgIpc) is 3.29. The zero-order valence-electron chi connectivity index (χ0n) is 42.3. The van der Waals surface area contributed by atoms with Crippen molar-refractivity contribution in [3.05, 3.63) is 60.8 Å². The van der Waals surface area contributed by atoms with Gasteiger partial charge in [0.1, 0.15) is 13.2 Å². The number of carbonyl (C=O) groups excluding carboxylic acids is 3. The van der Waals surface area contributed by atoms with Crippen molar-refractivity contribution in [3.8, 4) is 0 Å². The molecule has 0 aliphatic carbocycles. The van der Waals surface area contributed by atoms with Crippen LogP contribution in [0.4, 0.5) is 0 Å². The van der Waals surface area contributed by atoms with Crippen LogP contribution in [-0.2, 0) is 28.6 Å². The predicted molar refractivity (Wildman–Crippen MR) is 275 cm³/mol. The molecule has 0 aliphatic rings. The van der Waals surface area contributed by atoms with Gasteiger partial charge in [0.2, 0.25) is 0 Å². The molecule has 0 aromatic rings. The molecule has 1 atom stereocenters. The van der Waals surface area contributed by atoms with Crippen LogP contribution in [0.3, 0.4) is 0 Å². The van der Waals surface area contributed by atoms with Crippen LogP contribution in [-0.4, -0.2) is 37.2 Å². The minimum absolute atomic E-state index is 0.0805. The molecule has 0 spiro atoms. The summed E-state index contributed by atoms with van der Waals surface area (Å²) in [5, 5.41) is 0. The molecule has 0 rings (SSSR count). The molecule has 0 amide bonds. The number of hydrogen-bond acceptors (Lipinski definition) is 6. The summed E-state index contributed by atoms with van der Waals surface area (Å²) in [6, 6.07) is 0. The Hall–Kier alpha value is -2.89. The van der Waals surface area contributed by atoms with E-state index in [4.69, 9.17) is 14.2 Å². The second-order valence-electron chi connectivity index (χ2n) is 18.1. The molecule has 0 bridgehead atoms. The van der Waals surface area contributed by atoms with Crippen LogP contribution in [0.5, 0.6) is 0 Å². The molecule has 370 valence electrons. The highest BCUT2D eigenvalue weighted by Crippen LogP contribution is 2.15. The van der Waals surface area contributed by atoms with Crippen LogP contribution in [0, 0.1) is 0 Å². The Balaban J connectivity index is 4.36. The topological polar surface area (TPSA) is 78.9 Å². The standard InChI is InChI=1S/C58H102O6/c1-4-7-10-13-16-19-22-25-27-28-29-30-32-33-36-39-42-45-48-51-57(60)63-54-55(53-62-56(59)50-47-44-41-38-35-24-21-18-15-12-9-6-3)64-58(61)52-49-46-43-40-37-34-31-26-23-20-17-14-11-8-5-2/h8,11,16-17,19-20,25-27,31,55H,4-7,9-10,12-15,18,21-24,28-30,32-54H2,1-3H3/b11-8-,19-16-,20-17-,27-25-,31-26-. The van der Waals surface area contributed by atoms with Crippen molar-refractivity contribution in [1.82, 2.24) is 0 Å². The van der Waals surface area contributed by atoms with E-state index in [2.05, 4.69) is 81.5 Å². The van der Waals surface area contributed by atoms with Crippen molar-refractivity contribution >= 4 is 17.9 Å². The molecule has 0 fully saturated rings. The van der Waals surface area contributed by atoms with E-state index in [9.17, 15) is 14.4 Å². The summed E-state index contributed by atoms with van der Waals surface area (Å²) in [6.07, 6.45) is 64.9. The third kappa shape index (κ3) is 50.1. The first-order valence-corrected chi connectivity index (χ1v) is 27.3. The van der Waals surface area contributed by atoms with Gasteiger partial charge >= 0.3 is 17.9 Å². The molecule has 0 aliphatic heterocycles. The molecule has 0 aromatic carbocycles. The van der Waals surface area contributed by atoms with Crippen LogP contribution >= 0.6 is 0 Å². The van der Waals surface area contributed by atoms with Crippen molar-refractivity contribution < 1.29 is 28.6 Å². The molecule has 0 saturated heterocycles. The Bertz CT molecular complexity index is 1170. The number of unbranched alkanes of at least 4 members (excludes halogenated alkanes) is 28. The Morgan fingerprint density at radius 1 is 0.328 bits per heavy atom. The zero-order chi connectivity index (χ0) is 46.5. The van der Waals surface area contributed by atoms with E-state index in [0.717, 1.165) is 103 Å². The number of rotatable bonds is 49. The molecular formula is C58H102O6. The van der Waals surface area contributed by atoms with Crippen molar-refractivity contribution in [2.45, 2.75) is 277 Å². The van der Waals surface area contributed by atoms with Crippen LogP contribution < -0.4 is 0 Å². The lowest BCUT2D eigenvalue weighted by molar-refractivity contribution is -0.167. The Kier molecular flexibility index (Phi) is 50.4. The molecule has 0 heterocycles. The van der Waals surface area contributed by atoms with Crippen molar-refractivity contribution in [3.63, 3.8) is 0 Å². The first-order chi connectivity index (χ1) is 31.5. The van der Waals surface area contributed by atoms with Gasteiger partial charge in [-0.15, -0.1) is 0 Å². The van der Waals surface area contributed by atoms with E-state index < -0.39 is 6.10 Å². The van der Waals surface area contributed by atoms with Gasteiger partial charge in [0.25, 0.3) is 0 Å². The van der Waals surface area contributed by atoms with Crippen molar-refractivity contribution in [1.29, 1.82) is 0 Å². The second-order valence-corrected chi connectivity index (χ2v) is 18.1. The van der Waals surface area contributed by atoms with E-state index >= 15 is 0 Å². The highest BCUT2D eigenvalue weighted by molar-refractivity contribution is 5.71. The first-order valence-electron chi connectivity index (χ1n) is 27.3. The van der Waals surface area contributed by atoms with Gasteiger partial charge in [-0.3, -0.25) is 14.4 Å². The van der Waals surface area contributed by atoms with Gasteiger partial charge in [0, 0.05) is 19.3 Å². The maximum Gasteiger partial charge on any atom is 0.306 e. The van der Waals surface area contributed by atoms with Gasteiger partial charge in [-0.25, -0.2) is 0 Å². The molecule has 6 heteroatoms. The lowest BCUT2D eigenvalue weighted by Crippen LogP contribution is -2.30. The highest BCUT2D eigenvalue weighted by Gasteiger charge is 2.19. The maximum atomic E-state index is 12.8. The van der Waals surface area contributed by atoms with E-state index in [-0.39, 0.29) is 31.1 Å². The quantitative estimate of drug-likeness (QED) is 0.0262. The second kappa shape index (κ2) is 52.7. The monoisotopic (exact) mass is 895 g/mol. The minimum atomic E-state index is -0.782. The summed E-state index contributed by atoms with van der Waals surface area (Å²) in [7, 11) is 0. The van der Waals surface area contributed by atoms with Crippen LogP contribution in [0.15, 0.2) is 60.8 Å². The third-order valence-corrected chi connectivity index (χ3v) is 11.8. The van der Waals surface area contributed by atoms with E-state index in [0.29, 0.717) is 19.3 Å². The fraction of sp³-hybridized carbons (Fsp3) is 0.776. The van der Waals surface area contributed by atoms with Crippen molar-refractivity contribution in [2.24, 2.45) is 0 Å². The summed E-state index contributed by atoms with van der Waals surface area (Å²) >= 11 is 0. The molecule has 0 radical (unpaired) electrons. The van der Waals surface area contributed by atoms with Crippen LogP contribution in [0.2, 0.25) is 0 Å². The first kappa shape index (κ1) is 61.1. The summed E-state index contributed by atoms with van der Waals surface area (Å²) in [5.74, 6) is -0.894. The summed E-state index contributed by atoms with van der Waals surface area (Å²) in [4.78, 5) is 38.0. The number of ether oxygens (including phenoxy) is 3. The molecule has 0 aromatic heterocycles.